The van der Waals surface area contributed by atoms with Gasteiger partial charge in [0.05, 0.1) is 17.8 Å². The van der Waals surface area contributed by atoms with Gasteiger partial charge in [0.1, 0.15) is 0 Å². The zero-order chi connectivity index (χ0) is 19.2. The Morgan fingerprint density at radius 3 is 2.68 bits per heavy atom. The van der Waals surface area contributed by atoms with E-state index in [9.17, 15) is 0 Å². The molecule has 1 fully saturated rings. The number of nitrogens with zero attached hydrogens (tertiary/aromatic N) is 5. The monoisotopic (exact) mass is 370 g/mol. The average Bonchev–Trinajstić information content (AvgIpc) is 2.75. The van der Waals surface area contributed by atoms with E-state index in [1.807, 2.05) is 12.1 Å². The fourth-order valence-electron chi connectivity index (χ4n) is 3.59. The van der Waals surface area contributed by atoms with Crippen LogP contribution in [-0.4, -0.2) is 28.3 Å². The van der Waals surface area contributed by atoms with Gasteiger partial charge in [0.15, 0.2) is 5.82 Å². The molecule has 0 atom stereocenters. The number of nitrogens with one attached hydrogen (secondary N) is 1. The average molecular weight is 370 g/mol. The normalized spacial score (nSPS) is 14.5. The van der Waals surface area contributed by atoms with Crippen LogP contribution in [0.4, 0.5) is 17.5 Å². The summed E-state index contributed by atoms with van der Waals surface area (Å²) in [6.07, 6.45) is 4.98. The first-order chi connectivity index (χ1) is 13.8. The molecule has 1 aromatic heterocycles. The molecule has 0 aliphatic carbocycles. The van der Waals surface area contributed by atoms with Crippen LogP contribution in [0.5, 0.6) is 0 Å². The Morgan fingerprint density at radius 1 is 1.07 bits per heavy atom. The zero-order valence-electron chi connectivity index (χ0n) is 15.6. The highest BCUT2D eigenvalue weighted by molar-refractivity contribution is 5.58. The lowest BCUT2D eigenvalue weighted by Crippen LogP contribution is -2.35. The van der Waals surface area contributed by atoms with Gasteiger partial charge in [-0.2, -0.15) is 15.3 Å². The van der Waals surface area contributed by atoms with Crippen LogP contribution in [-0.2, 0) is 6.42 Å². The quantitative estimate of drug-likeness (QED) is 0.733. The van der Waals surface area contributed by atoms with Crippen molar-refractivity contribution in [2.24, 2.45) is 5.92 Å². The van der Waals surface area contributed by atoms with E-state index >= 15 is 0 Å². The molecule has 1 saturated heterocycles. The maximum Gasteiger partial charge on any atom is 0.247 e. The first-order valence-corrected chi connectivity index (χ1v) is 9.56. The predicted octanol–water partition coefficient (Wildman–Crippen LogP) is 3.95. The molecule has 0 amide bonds. The van der Waals surface area contributed by atoms with E-state index in [-0.39, 0.29) is 0 Å². The van der Waals surface area contributed by atoms with Crippen LogP contribution in [0.15, 0.2) is 60.8 Å². The first-order valence-electron chi connectivity index (χ1n) is 9.56. The summed E-state index contributed by atoms with van der Waals surface area (Å²) < 4.78 is 0. The summed E-state index contributed by atoms with van der Waals surface area (Å²) in [5.74, 6) is 1.98. The lowest BCUT2D eigenvalue weighted by molar-refractivity contribution is 0.400. The highest BCUT2D eigenvalue weighted by Gasteiger charge is 2.21. The molecular formula is C22H22N6. The minimum absolute atomic E-state index is 0.604. The Kier molecular flexibility index (Phi) is 5.43. The van der Waals surface area contributed by atoms with E-state index < -0.39 is 0 Å². The number of benzene rings is 2. The minimum Gasteiger partial charge on any atom is -0.339 e. The van der Waals surface area contributed by atoms with Crippen molar-refractivity contribution in [2.45, 2.75) is 19.3 Å². The van der Waals surface area contributed by atoms with Gasteiger partial charge in [-0.25, -0.2) is 0 Å². The summed E-state index contributed by atoms with van der Waals surface area (Å²) in [6, 6.07) is 20.1. The van der Waals surface area contributed by atoms with Crippen molar-refractivity contribution in [3.05, 3.63) is 71.9 Å². The third-order valence-corrected chi connectivity index (χ3v) is 5.08. The van der Waals surface area contributed by atoms with Gasteiger partial charge in [-0.15, -0.1) is 5.10 Å². The molecular weight excluding hydrogens is 348 g/mol. The number of nitriles is 1. The van der Waals surface area contributed by atoms with Crippen molar-refractivity contribution in [2.75, 3.05) is 23.3 Å². The Hall–Kier alpha value is -3.46. The molecule has 4 rings (SSSR count). The second kappa shape index (κ2) is 8.49. The van der Waals surface area contributed by atoms with Crippen LogP contribution in [0, 0.1) is 17.2 Å². The number of hydrogen-bond donors (Lipinski definition) is 1. The van der Waals surface area contributed by atoms with Gasteiger partial charge in [0.25, 0.3) is 0 Å². The van der Waals surface area contributed by atoms with E-state index in [0.717, 1.165) is 38.0 Å². The van der Waals surface area contributed by atoms with Crippen molar-refractivity contribution >= 4 is 17.5 Å². The van der Waals surface area contributed by atoms with E-state index in [1.165, 1.54) is 5.56 Å². The summed E-state index contributed by atoms with van der Waals surface area (Å²) in [4.78, 5) is 6.81. The van der Waals surface area contributed by atoms with Gasteiger partial charge in [0.2, 0.25) is 5.95 Å². The van der Waals surface area contributed by atoms with Crippen molar-refractivity contribution in [3.8, 4) is 6.07 Å². The number of hydrogen-bond acceptors (Lipinski definition) is 6. The zero-order valence-corrected chi connectivity index (χ0v) is 15.6. The Labute approximate surface area is 164 Å². The lowest BCUT2D eigenvalue weighted by atomic mass is 9.90. The van der Waals surface area contributed by atoms with Crippen molar-refractivity contribution in [3.63, 3.8) is 0 Å². The maximum absolute atomic E-state index is 9.03. The van der Waals surface area contributed by atoms with Gasteiger partial charge in [0, 0.05) is 18.8 Å². The van der Waals surface area contributed by atoms with E-state index in [4.69, 9.17) is 5.26 Å². The molecule has 1 N–H and O–H groups in total. The van der Waals surface area contributed by atoms with Crippen LogP contribution in [0.25, 0.3) is 0 Å². The standard InChI is InChI=1S/C22H22N6/c23-15-19-7-4-8-20(14-19)25-21-16-24-27-22(26-21)28-11-9-18(10-12-28)13-17-5-2-1-3-6-17/h1-8,14,16,18H,9-13H2,(H,25,26,27). The molecule has 1 aliphatic heterocycles. The third kappa shape index (κ3) is 4.44. The fourth-order valence-corrected chi connectivity index (χ4v) is 3.59. The predicted molar refractivity (Wildman–Crippen MR) is 109 cm³/mol. The molecule has 0 unspecified atom stereocenters. The topological polar surface area (TPSA) is 77.7 Å². The third-order valence-electron chi connectivity index (χ3n) is 5.08. The molecule has 2 aromatic carbocycles. The van der Waals surface area contributed by atoms with Gasteiger partial charge < -0.3 is 10.2 Å². The van der Waals surface area contributed by atoms with Crippen molar-refractivity contribution < 1.29 is 0 Å². The largest absolute Gasteiger partial charge is 0.339 e. The minimum atomic E-state index is 0.604. The van der Waals surface area contributed by atoms with Crippen molar-refractivity contribution in [1.29, 1.82) is 5.26 Å². The molecule has 28 heavy (non-hydrogen) atoms. The second-order valence-electron chi connectivity index (χ2n) is 7.08. The molecule has 0 radical (unpaired) electrons. The van der Waals surface area contributed by atoms with Gasteiger partial charge in [-0.3, -0.25) is 0 Å². The Bertz CT molecular complexity index is 958. The highest BCUT2D eigenvalue weighted by atomic mass is 15.3. The molecule has 0 spiro atoms. The summed E-state index contributed by atoms with van der Waals surface area (Å²) in [5, 5.41) is 20.6. The van der Waals surface area contributed by atoms with Gasteiger partial charge in [-0.05, 0) is 48.9 Å². The number of piperidine rings is 1. The van der Waals surface area contributed by atoms with Crippen LogP contribution in [0.1, 0.15) is 24.0 Å². The second-order valence-corrected chi connectivity index (χ2v) is 7.08. The number of rotatable bonds is 5. The van der Waals surface area contributed by atoms with E-state index in [1.54, 1.807) is 18.3 Å². The molecule has 2 heterocycles. The summed E-state index contributed by atoms with van der Waals surface area (Å²) in [5.41, 5.74) is 2.82. The highest BCUT2D eigenvalue weighted by Crippen LogP contribution is 2.24. The van der Waals surface area contributed by atoms with Crippen LogP contribution >= 0.6 is 0 Å². The molecule has 140 valence electrons. The van der Waals surface area contributed by atoms with Crippen LogP contribution in [0.2, 0.25) is 0 Å². The molecule has 6 heteroatoms. The maximum atomic E-state index is 9.03. The summed E-state index contributed by atoms with van der Waals surface area (Å²) >= 11 is 0. The van der Waals surface area contributed by atoms with Crippen LogP contribution in [0.3, 0.4) is 0 Å². The molecule has 1 aliphatic rings. The smallest absolute Gasteiger partial charge is 0.247 e. The molecule has 6 nitrogen and oxygen atoms in total. The van der Waals surface area contributed by atoms with Crippen LogP contribution < -0.4 is 10.2 Å². The molecule has 0 saturated carbocycles. The summed E-state index contributed by atoms with van der Waals surface area (Å²) in [7, 11) is 0. The van der Waals surface area contributed by atoms with E-state index in [2.05, 4.69) is 61.8 Å². The molecule has 0 bridgehead atoms. The van der Waals surface area contributed by atoms with Gasteiger partial charge >= 0.3 is 0 Å². The number of aromatic nitrogens is 3. The first kappa shape index (κ1) is 17.9. The Balaban J connectivity index is 1.38. The number of anilines is 3. The summed E-state index contributed by atoms with van der Waals surface area (Å²) in [6.45, 7) is 1.87. The lowest BCUT2D eigenvalue weighted by Gasteiger charge is -2.31. The fraction of sp³-hybridized carbons (Fsp3) is 0.273. The van der Waals surface area contributed by atoms with E-state index in [0.29, 0.717) is 23.2 Å². The SMILES string of the molecule is N#Cc1cccc(Nc2cnnc(N3CCC(Cc4ccccc4)CC3)n2)c1. The van der Waals surface area contributed by atoms with Crippen molar-refractivity contribution in [1.82, 2.24) is 15.2 Å². The Morgan fingerprint density at radius 2 is 1.89 bits per heavy atom. The van der Waals surface area contributed by atoms with Gasteiger partial charge in [-0.1, -0.05) is 36.4 Å². The molecule has 3 aromatic rings.